The van der Waals surface area contributed by atoms with Gasteiger partial charge in [0.25, 0.3) is 5.88 Å². The summed E-state index contributed by atoms with van der Waals surface area (Å²) < 4.78 is 8.56. The van der Waals surface area contributed by atoms with Gasteiger partial charge in [-0.3, -0.25) is 0 Å². The zero-order valence-corrected chi connectivity index (χ0v) is 13.7. The first kappa shape index (κ1) is 15.6. The fourth-order valence-corrected chi connectivity index (χ4v) is 2.55. The Hall–Kier alpha value is -1.75. The lowest BCUT2D eigenvalue weighted by Gasteiger charge is -2.42. The third kappa shape index (κ3) is 2.97. The molecule has 0 radical (unpaired) electrons. The molecule has 116 valence electrons. The van der Waals surface area contributed by atoms with Crippen LogP contribution in [0.5, 0.6) is 5.88 Å². The predicted molar refractivity (Wildman–Crippen MR) is 86.4 cm³/mol. The first-order valence-corrected chi connectivity index (χ1v) is 7.56. The van der Waals surface area contributed by atoms with Crippen molar-refractivity contribution < 1.29 is 9.22 Å². The molecular formula is C16H27N4O+. The maximum Gasteiger partial charge on any atom is 0.257 e. The summed E-state index contributed by atoms with van der Waals surface area (Å²) in [5.41, 5.74) is 7.59. The molecule has 0 fully saturated rings. The highest BCUT2D eigenvalue weighted by Crippen LogP contribution is 2.25. The number of ether oxygens (including phenoxy) is 1. The maximum absolute atomic E-state index is 6.09. The number of nitrogen functional groups attached to an aromatic ring is 1. The van der Waals surface area contributed by atoms with Crippen LogP contribution >= 0.6 is 0 Å². The number of nitrogens with two attached hydrogens (primary N) is 1. The molecule has 5 nitrogen and oxygen atoms in total. The van der Waals surface area contributed by atoms with Crippen LogP contribution in [0, 0.1) is 0 Å². The van der Waals surface area contributed by atoms with Crippen molar-refractivity contribution in [3.63, 3.8) is 0 Å². The van der Waals surface area contributed by atoms with Gasteiger partial charge in [-0.05, 0) is 39.8 Å². The summed E-state index contributed by atoms with van der Waals surface area (Å²) in [6, 6.07) is 6.91. The van der Waals surface area contributed by atoms with Crippen molar-refractivity contribution >= 4 is 11.2 Å². The molecule has 0 atom stereocenters. The van der Waals surface area contributed by atoms with Gasteiger partial charge in [0.05, 0.1) is 24.6 Å². The summed E-state index contributed by atoms with van der Waals surface area (Å²) in [5, 5.41) is 4.38. The van der Waals surface area contributed by atoms with Gasteiger partial charge in [0.15, 0.2) is 0 Å². The van der Waals surface area contributed by atoms with E-state index in [9.17, 15) is 0 Å². The molecule has 2 rings (SSSR count). The highest BCUT2D eigenvalue weighted by Gasteiger charge is 2.29. The molecule has 2 aromatic rings. The van der Waals surface area contributed by atoms with Gasteiger partial charge < -0.3 is 15.0 Å². The SMILES string of the molecule is CC(C)[N+](C)(CCOc1nn2ccccc2c1N)C(C)C. The lowest BCUT2D eigenvalue weighted by atomic mass is 10.1. The maximum atomic E-state index is 6.09. The molecule has 0 aliphatic carbocycles. The van der Waals surface area contributed by atoms with E-state index in [2.05, 4.69) is 39.8 Å². The Kier molecular flexibility index (Phi) is 4.42. The number of pyridine rings is 1. The van der Waals surface area contributed by atoms with Crippen LogP contribution in [-0.4, -0.2) is 46.4 Å². The highest BCUT2D eigenvalue weighted by atomic mass is 16.5. The van der Waals surface area contributed by atoms with Gasteiger partial charge in [0.2, 0.25) is 0 Å². The summed E-state index contributed by atoms with van der Waals surface area (Å²) in [7, 11) is 2.27. The number of nitrogens with zero attached hydrogens (tertiary/aromatic N) is 3. The zero-order chi connectivity index (χ0) is 15.6. The molecule has 0 saturated carbocycles. The molecule has 2 aromatic heterocycles. The largest absolute Gasteiger partial charge is 0.469 e. The van der Waals surface area contributed by atoms with Crippen LogP contribution in [0.1, 0.15) is 27.7 Å². The van der Waals surface area contributed by atoms with Crippen LogP contribution < -0.4 is 10.5 Å². The van der Waals surface area contributed by atoms with Crippen molar-refractivity contribution in [2.45, 2.75) is 39.8 Å². The molecule has 0 amide bonds. The van der Waals surface area contributed by atoms with Crippen molar-refractivity contribution in [1.82, 2.24) is 9.61 Å². The first-order valence-electron chi connectivity index (χ1n) is 7.56. The smallest absolute Gasteiger partial charge is 0.257 e. The van der Waals surface area contributed by atoms with E-state index in [-0.39, 0.29) is 0 Å². The molecule has 0 aromatic carbocycles. The predicted octanol–water partition coefficient (Wildman–Crippen LogP) is 2.56. The monoisotopic (exact) mass is 291 g/mol. The summed E-state index contributed by atoms with van der Waals surface area (Å²) in [6.45, 7) is 10.5. The number of fused-ring (bicyclic) bond motifs is 1. The number of quaternary nitrogens is 1. The third-order valence-corrected chi connectivity index (χ3v) is 4.72. The van der Waals surface area contributed by atoms with E-state index < -0.39 is 0 Å². The zero-order valence-electron chi connectivity index (χ0n) is 13.7. The minimum Gasteiger partial charge on any atom is -0.469 e. The van der Waals surface area contributed by atoms with Crippen LogP contribution in [0.15, 0.2) is 24.4 Å². The van der Waals surface area contributed by atoms with Crippen LogP contribution in [0.2, 0.25) is 0 Å². The number of hydrogen-bond donors (Lipinski definition) is 1. The minimum absolute atomic E-state index is 0.528. The number of rotatable bonds is 6. The van der Waals surface area contributed by atoms with Crippen molar-refractivity contribution in [2.75, 3.05) is 25.9 Å². The first-order chi connectivity index (χ1) is 9.86. The van der Waals surface area contributed by atoms with Gasteiger partial charge in [0.1, 0.15) is 18.8 Å². The average Bonchev–Trinajstić information content (AvgIpc) is 2.75. The molecule has 2 N–H and O–H groups in total. The van der Waals surface area contributed by atoms with Gasteiger partial charge in [-0.2, -0.15) is 0 Å². The van der Waals surface area contributed by atoms with E-state index in [1.54, 1.807) is 4.52 Å². The van der Waals surface area contributed by atoms with Crippen molar-refractivity contribution in [3.8, 4) is 5.88 Å². The van der Waals surface area contributed by atoms with E-state index in [1.807, 2.05) is 24.4 Å². The van der Waals surface area contributed by atoms with E-state index in [0.717, 1.165) is 16.5 Å². The van der Waals surface area contributed by atoms with E-state index >= 15 is 0 Å². The number of aromatic nitrogens is 2. The Bertz CT molecular complexity index is 595. The second-order valence-corrected chi connectivity index (χ2v) is 6.36. The van der Waals surface area contributed by atoms with Gasteiger partial charge in [0, 0.05) is 6.20 Å². The van der Waals surface area contributed by atoms with E-state index in [4.69, 9.17) is 10.5 Å². The summed E-state index contributed by atoms with van der Waals surface area (Å²) in [6.07, 6.45) is 1.88. The molecule has 0 unspecified atom stereocenters. The van der Waals surface area contributed by atoms with Crippen LogP contribution in [-0.2, 0) is 0 Å². The van der Waals surface area contributed by atoms with Crippen molar-refractivity contribution in [2.24, 2.45) is 0 Å². The van der Waals surface area contributed by atoms with Gasteiger partial charge in [-0.25, -0.2) is 4.52 Å². The molecule has 0 aliphatic rings. The minimum atomic E-state index is 0.528. The fraction of sp³-hybridized carbons (Fsp3) is 0.562. The highest BCUT2D eigenvalue weighted by molar-refractivity contribution is 5.74. The summed E-state index contributed by atoms with van der Waals surface area (Å²) in [5.74, 6) is 0.528. The molecule has 0 aliphatic heterocycles. The lowest BCUT2D eigenvalue weighted by molar-refractivity contribution is -0.949. The second kappa shape index (κ2) is 5.93. The number of anilines is 1. The Morgan fingerprint density at radius 1 is 1.24 bits per heavy atom. The number of likely N-dealkylation sites (N-methyl/N-ethyl adjacent to an activating group) is 1. The van der Waals surface area contributed by atoms with Crippen molar-refractivity contribution in [1.29, 1.82) is 0 Å². The molecular weight excluding hydrogens is 264 g/mol. The quantitative estimate of drug-likeness (QED) is 0.832. The average molecular weight is 291 g/mol. The molecule has 0 saturated heterocycles. The standard InChI is InChI=1S/C16H27N4O/c1-12(2)20(5,13(3)4)10-11-21-16-15(17)14-8-6-7-9-19(14)18-16/h6-9,12-13H,10-11,17H2,1-5H3/q+1. The van der Waals surface area contributed by atoms with E-state index in [0.29, 0.717) is 30.3 Å². The normalized spacial score (nSPS) is 12.5. The summed E-state index contributed by atoms with van der Waals surface area (Å²) in [4.78, 5) is 0. The van der Waals surface area contributed by atoms with E-state index in [1.165, 1.54) is 0 Å². The third-order valence-electron chi connectivity index (χ3n) is 4.72. The van der Waals surface area contributed by atoms with Crippen LogP contribution in [0.25, 0.3) is 5.52 Å². The fourth-order valence-electron chi connectivity index (χ4n) is 2.55. The Morgan fingerprint density at radius 3 is 2.48 bits per heavy atom. The Morgan fingerprint density at radius 2 is 1.90 bits per heavy atom. The van der Waals surface area contributed by atoms with Gasteiger partial charge >= 0.3 is 0 Å². The molecule has 0 spiro atoms. The van der Waals surface area contributed by atoms with Gasteiger partial charge in [-0.1, -0.05) is 6.07 Å². The Balaban J connectivity index is 2.07. The molecule has 0 bridgehead atoms. The number of hydrogen-bond acceptors (Lipinski definition) is 3. The Labute approximate surface area is 126 Å². The lowest BCUT2D eigenvalue weighted by Crippen LogP contribution is -2.56. The molecule has 2 heterocycles. The van der Waals surface area contributed by atoms with Crippen LogP contribution in [0.3, 0.4) is 0 Å². The molecule has 21 heavy (non-hydrogen) atoms. The second-order valence-electron chi connectivity index (χ2n) is 6.36. The van der Waals surface area contributed by atoms with Crippen molar-refractivity contribution in [3.05, 3.63) is 24.4 Å². The topological polar surface area (TPSA) is 52.5 Å². The van der Waals surface area contributed by atoms with Crippen LogP contribution in [0.4, 0.5) is 5.69 Å². The van der Waals surface area contributed by atoms with Gasteiger partial charge in [-0.15, -0.1) is 5.10 Å². The summed E-state index contributed by atoms with van der Waals surface area (Å²) >= 11 is 0. The molecule has 5 heteroatoms.